The number of carbonyl (C=O) groups excluding carboxylic acids is 1. The lowest BCUT2D eigenvalue weighted by atomic mass is 10.2. The summed E-state index contributed by atoms with van der Waals surface area (Å²) in [6.45, 7) is 0.321. The summed E-state index contributed by atoms with van der Waals surface area (Å²) < 4.78 is 7.55. The number of fused-ring (bicyclic) bond motifs is 1. The van der Waals surface area contributed by atoms with Crippen LogP contribution < -0.4 is 4.74 Å². The Balaban J connectivity index is 1.77. The van der Waals surface area contributed by atoms with Gasteiger partial charge in [-0.15, -0.1) is 0 Å². The zero-order chi connectivity index (χ0) is 13.9. The average molecular weight is 287 g/mol. The monoisotopic (exact) mass is 286 g/mol. The second-order valence-corrected chi connectivity index (χ2v) is 4.70. The number of ether oxygens (including phenoxy) is 1. The van der Waals surface area contributed by atoms with E-state index in [0.29, 0.717) is 22.9 Å². The van der Waals surface area contributed by atoms with Crippen molar-refractivity contribution in [2.75, 3.05) is 0 Å². The van der Waals surface area contributed by atoms with Crippen LogP contribution in [0.3, 0.4) is 0 Å². The summed E-state index contributed by atoms with van der Waals surface area (Å²) >= 11 is 6.04. The first-order valence-corrected chi connectivity index (χ1v) is 6.44. The number of imidazole rings is 1. The van der Waals surface area contributed by atoms with Gasteiger partial charge in [-0.2, -0.15) is 0 Å². The van der Waals surface area contributed by atoms with E-state index >= 15 is 0 Å². The Morgan fingerprint density at radius 1 is 1.30 bits per heavy atom. The molecule has 4 nitrogen and oxygen atoms in total. The van der Waals surface area contributed by atoms with Crippen LogP contribution in [0.25, 0.3) is 5.65 Å². The highest BCUT2D eigenvalue weighted by Crippen LogP contribution is 2.25. The fraction of sp³-hybridized carbons (Fsp3) is 0.0667. The van der Waals surface area contributed by atoms with Crippen molar-refractivity contribution in [3.63, 3.8) is 0 Å². The Bertz CT molecular complexity index is 734. The fourth-order valence-electron chi connectivity index (χ4n) is 1.92. The molecule has 0 aliphatic carbocycles. The minimum atomic E-state index is 0.321. The molecule has 2 aromatic heterocycles. The van der Waals surface area contributed by atoms with E-state index in [1.165, 1.54) is 0 Å². The smallest absolute Gasteiger partial charge is 0.150 e. The van der Waals surface area contributed by atoms with Crippen molar-refractivity contribution < 1.29 is 9.53 Å². The number of halogens is 1. The maximum Gasteiger partial charge on any atom is 0.150 e. The Morgan fingerprint density at radius 2 is 2.20 bits per heavy atom. The van der Waals surface area contributed by atoms with Crippen LogP contribution in [0, 0.1) is 0 Å². The molecular weight excluding hydrogens is 276 g/mol. The van der Waals surface area contributed by atoms with Gasteiger partial charge in [0, 0.05) is 18.0 Å². The molecule has 2 heterocycles. The second kappa shape index (κ2) is 5.35. The van der Waals surface area contributed by atoms with Gasteiger partial charge in [-0.05, 0) is 30.3 Å². The summed E-state index contributed by atoms with van der Waals surface area (Å²) in [6, 6.07) is 10.7. The topological polar surface area (TPSA) is 43.6 Å². The Hall–Kier alpha value is -2.33. The van der Waals surface area contributed by atoms with Crippen molar-refractivity contribution in [2.24, 2.45) is 0 Å². The molecule has 0 spiro atoms. The quantitative estimate of drug-likeness (QED) is 0.691. The first-order valence-electron chi connectivity index (χ1n) is 6.06. The number of aldehydes is 1. The van der Waals surface area contributed by atoms with Gasteiger partial charge in [0.1, 0.15) is 24.3 Å². The maximum atomic E-state index is 10.6. The lowest BCUT2D eigenvalue weighted by Crippen LogP contribution is -1.96. The highest BCUT2D eigenvalue weighted by Gasteiger charge is 2.05. The van der Waals surface area contributed by atoms with Crippen molar-refractivity contribution in [2.45, 2.75) is 6.61 Å². The second-order valence-electron chi connectivity index (χ2n) is 4.29. The van der Waals surface area contributed by atoms with Crippen LogP contribution in [-0.4, -0.2) is 15.7 Å². The van der Waals surface area contributed by atoms with Crippen LogP contribution in [0.4, 0.5) is 0 Å². The molecule has 3 aromatic rings. The van der Waals surface area contributed by atoms with E-state index in [2.05, 4.69) is 4.98 Å². The molecule has 1 aromatic carbocycles. The molecule has 5 heteroatoms. The molecule has 0 radical (unpaired) electrons. The summed E-state index contributed by atoms with van der Waals surface area (Å²) in [4.78, 5) is 15.1. The molecule has 20 heavy (non-hydrogen) atoms. The van der Waals surface area contributed by atoms with Crippen LogP contribution in [0.1, 0.15) is 16.1 Å². The van der Waals surface area contributed by atoms with Crippen LogP contribution in [-0.2, 0) is 6.61 Å². The fourth-order valence-corrected chi connectivity index (χ4v) is 2.16. The molecule has 100 valence electrons. The molecule has 0 amide bonds. The van der Waals surface area contributed by atoms with E-state index in [1.807, 2.05) is 35.0 Å². The van der Waals surface area contributed by atoms with Crippen molar-refractivity contribution in [1.29, 1.82) is 0 Å². The van der Waals surface area contributed by atoms with E-state index in [-0.39, 0.29) is 0 Å². The minimum absolute atomic E-state index is 0.321. The highest BCUT2D eigenvalue weighted by atomic mass is 35.5. The summed E-state index contributed by atoms with van der Waals surface area (Å²) in [7, 11) is 0. The molecule has 0 aliphatic rings. The van der Waals surface area contributed by atoms with Gasteiger partial charge in [-0.3, -0.25) is 4.79 Å². The normalized spacial score (nSPS) is 10.7. The van der Waals surface area contributed by atoms with E-state index in [4.69, 9.17) is 16.3 Å². The van der Waals surface area contributed by atoms with Gasteiger partial charge < -0.3 is 9.14 Å². The number of aromatic nitrogens is 2. The lowest BCUT2D eigenvalue weighted by molar-refractivity contribution is 0.112. The number of pyridine rings is 1. The number of nitrogens with zero attached hydrogens (tertiary/aromatic N) is 2. The standard InChI is InChI=1S/C15H11ClN2O2/c16-13-7-11(9-19)4-5-14(13)20-10-12-8-18-6-2-1-3-15(18)17-12/h1-9H,10H2. The molecule has 0 atom stereocenters. The number of hydrogen-bond donors (Lipinski definition) is 0. The molecule has 0 unspecified atom stereocenters. The summed E-state index contributed by atoms with van der Waals surface area (Å²) in [5.74, 6) is 0.536. The van der Waals surface area contributed by atoms with Crippen molar-refractivity contribution in [3.05, 3.63) is 65.1 Å². The van der Waals surface area contributed by atoms with Gasteiger partial charge in [-0.25, -0.2) is 4.98 Å². The first kappa shape index (κ1) is 12.7. The lowest BCUT2D eigenvalue weighted by Gasteiger charge is -2.06. The van der Waals surface area contributed by atoms with Gasteiger partial charge in [0.25, 0.3) is 0 Å². The van der Waals surface area contributed by atoms with Gasteiger partial charge in [0.2, 0.25) is 0 Å². The van der Waals surface area contributed by atoms with Crippen molar-refractivity contribution in [3.8, 4) is 5.75 Å². The third-order valence-electron chi connectivity index (χ3n) is 2.88. The number of benzene rings is 1. The van der Waals surface area contributed by atoms with Crippen LogP contribution in [0.15, 0.2) is 48.8 Å². The van der Waals surface area contributed by atoms with Crippen LogP contribution in [0.5, 0.6) is 5.75 Å². The van der Waals surface area contributed by atoms with E-state index in [0.717, 1.165) is 17.6 Å². The van der Waals surface area contributed by atoms with Gasteiger partial charge in [0.15, 0.2) is 0 Å². The van der Waals surface area contributed by atoms with E-state index in [9.17, 15) is 4.79 Å². The van der Waals surface area contributed by atoms with Gasteiger partial charge >= 0.3 is 0 Å². The SMILES string of the molecule is O=Cc1ccc(OCc2cn3ccccc3n2)c(Cl)c1. The Morgan fingerprint density at radius 3 is 2.95 bits per heavy atom. The largest absolute Gasteiger partial charge is 0.486 e. The zero-order valence-electron chi connectivity index (χ0n) is 10.5. The molecule has 0 aliphatic heterocycles. The third-order valence-corrected chi connectivity index (χ3v) is 3.18. The van der Waals surface area contributed by atoms with Crippen molar-refractivity contribution in [1.82, 2.24) is 9.38 Å². The summed E-state index contributed by atoms with van der Waals surface area (Å²) in [5.41, 5.74) is 2.20. The predicted molar refractivity (Wildman–Crippen MR) is 76.4 cm³/mol. The number of hydrogen-bond acceptors (Lipinski definition) is 3. The summed E-state index contributed by atoms with van der Waals surface area (Å²) in [6.07, 6.45) is 4.58. The molecular formula is C15H11ClN2O2. The Labute approximate surface area is 120 Å². The zero-order valence-corrected chi connectivity index (χ0v) is 11.2. The van der Waals surface area contributed by atoms with Crippen LogP contribution in [0.2, 0.25) is 5.02 Å². The maximum absolute atomic E-state index is 10.6. The molecule has 0 N–H and O–H groups in total. The molecule has 0 saturated heterocycles. The predicted octanol–water partition coefficient (Wildman–Crippen LogP) is 3.38. The molecule has 0 bridgehead atoms. The molecule has 0 saturated carbocycles. The average Bonchev–Trinajstić information content (AvgIpc) is 2.88. The van der Waals surface area contributed by atoms with Gasteiger partial charge in [0.05, 0.1) is 10.7 Å². The molecule has 0 fully saturated rings. The van der Waals surface area contributed by atoms with Crippen molar-refractivity contribution >= 4 is 23.5 Å². The Kier molecular flexibility index (Phi) is 3.39. The first-order chi connectivity index (χ1) is 9.76. The number of carbonyl (C=O) groups is 1. The van der Waals surface area contributed by atoms with E-state index < -0.39 is 0 Å². The third kappa shape index (κ3) is 2.51. The van der Waals surface area contributed by atoms with Gasteiger partial charge in [-0.1, -0.05) is 17.7 Å². The highest BCUT2D eigenvalue weighted by molar-refractivity contribution is 6.32. The van der Waals surface area contributed by atoms with Crippen LogP contribution >= 0.6 is 11.6 Å². The molecule has 3 rings (SSSR count). The van der Waals surface area contributed by atoms with E-state index in [1.54, 1.807) is 18.2 Å². The summed E-state index contributed by atoms with van der Waals surface area (Å²) in [5, 5.41) is 0.415. The minimum Gasteiger partial charge on any atom is -0.486 e. The number of rotatable bonds is 4.